The maximum Gasteiger partial charge on any atom is 0.343 e. The lowest BCUT2D eigenvalue weighted by molar-refractivity contribution is -0.350. The van der Waals surface area contributed by atoms with Gasteiger partial charge in [0.25, 0.3) is 0 Å². The highest BCUT2D eigenvalue weighted by Crippen LogP contribution is 2.36. The summed E-state index contributed by atoms with van der Waals surface area (Å²) in [7, 11) is 1.55. The van der Waals surface area contributed by atoms with E-state index in [0.717, 1.165) is 33.4 Å². The molecular weight excluding hydrogens is 664 g/mol. The Morgan fingerprint density at radius 1 is 0.566 bits per heavy atom. The average molecular weight is 703 g/mol. The number of rotatable bonds is 15. The molecule has 0 saturated heterocycles. The van der Waals surface area contributed by atoms with Gasteiger partial charge in [-0.15, -0.1) is 0 Å². The van der Waals surface area contributed by atoms with Crippen LogP contribution >= 0.6 is 0 Å². The quantitative estimate of drug-likeness (QED) is 0.0346. The van der Waals surface area contributed by atoms with Gasteiger partial charge < -0.3 is 14.2 Å². The van der Waals surface area contributed by atoms with Gasteiger partial charge in [-0.3, -0.25) is 0 Å². The first-order valence-electron chi connectivity index (χ1n) is 17.0. The number of ether oxygens (including phenoxy) is 3. The summed E-state index contributed by atoms with van der Waals surface area (Å²) in [5, 5.41) is 0. The first kappa shape index (κ1) is 36.3. The third-order valence-corrected chi connectivity index (χ3v) is 8.41. The number of esters is 2. The van der Waals surface area contributed by atoms with Crippen LogP contribution in [0.5, 0.6) is 11.5 Å². The van der Waals surface area contributed by atoms with Crippen molar-refractivity contribution in [3.8, 4) is 11.5 Å². The van der Waals surface area contributed by atoms with Crippen molar-refractivity contribution in [3.63, 3.8) is 0 Å². The number of carbonyl (C=O) groups is 2. The van der Waals surface area contributed by atoms with Crippen molar-refractivity contribution >= 4 is 30.2 Å². The van der Waals surface area contributed by atoms with Crippen LogP contribution in [0.3, 0.4) is 0 Å². The van der Waals surface area contributed by atoms with Gasteiger partial charge in [-0.05, 0) is 81.9 Å². The minimum atomic E-state index is -0.869. The van der Waals surface area contributed by atoms with Crippen LogP contribution < -0.4 is 9.47 Å². The van der Waals surface area contributed by atoms with Crippen molar-refractivity contribution in [1.82, 2.24) is 0 Å². The van der Waals surface area contributed by atoms with Crippen LogP contribution in [-0.2, 0) is 21.1 Å². The van der Waals surface area contributed by atoms with Crippen LogP contribution in [0.1, 0.15) is 66.3 Å². The predicted octanol–water partition coefficient (Wildman–Crippen LogP) is 10.5. The molecular formula is C46H38O7. The highest BCUT2D eigenvalue weighted by molar-refractivity contribution is 5.92. The largest absolute Gasteiger partial charge is 0.497 e. The van der Waals surface area contributed by atoms with Crippen molar-refractivity contribution in [2.45, 2.75) is 18.8 Å². The van der Waals surface area contributed by atoms with Crippen molar-refractivity contribution in [2.24, 2.45) is 0 Å². The summed E-state index contributed by atoms with van der Waals surface area (Å²) in [5.74, 6) is -0.209. The molecule has 7 nitrogen and oxygen atoms in total. The fourth-order valence-corrected chi connectivity index (χ4v) is 5.44. The second kappa shape index (κ2) is 18.1. The van der Waals surface area contributed by atoms with Crippen LogP contribution in [0.25, 0.3) is 18.2 Å². The Morgan fingerprint density at radius 2 is 1.06 bits per heavy atom. The van der Waals surface area contributed by atoms with E-state index in [-0.39, 0.29) is 17.9 Å². The highest BCUT2D eigenvalue weighted by atomic mass is 17.2. The molecule has 0 spiro atoms. The molecule has 0 radical (unpaired) electrons. The number of methoxy groups -OCH3 is 1. The summed E-state index contributed by atoms with van der Waals surface area (Å²) in [6, 6.07) is 47.8. The van der Waals surface area contributed by atoms with E-state index in [1.54, 1.807) is 55.6 Å². The molecule has 0 aliphatic carbocycles. The molecule has 2 atom stereocenters. The molecule has 0 fully saturated rings. The first-order chi connectivity index (χ1) is 26.0. The lowest BCUT2D eigenvalue weighted by Crippen LogP contribution is -2.21. The molecule has 0 amide bonds. The molecule has 0 heterocycles. The summed E-state index contributed by atoms with van der Waals surface area (Å²) >= 11 is 0. The number of benzene rings is 6. The van der Waals surface area contributed by atoms with Gasteiger partial charge in [-0.2, -0.15) is 0 Å². The monoisotopic (exact) mass is 702 g/mol. The lowest BCUT2D eigenvalue weighted by Gasteiger charge is -2.27. The Hall–Kier alpha value is -6.54. The Bertz CT molecular complexity index is 2110. The molecule has 0 aliphatic rings. The molecule has 0 aliphatic heterocycles. The van der Waals surface area contributed by atoms with Gasteiger partial charge in [0.2, 0.25) is 0 Å². The Labute approximate surface area is 309 Å². The second-order valence-corrected chi connectivity index (χ2v) is 12.0. The molecule has 0 aromatic heterocycles. The van der Waals surface area contributed by atoms with E-state index in [4.69, 9.17) is 24.0 Å². The van der Waals surface area contributed by atoms with Crippen molar-refractivity contribution in [2.75, 3.05) is 7.11 Å². The molecule has 0 bridgehead atoms. The summed E-state index contributed by atoms with van der Waals surface area (Å²) in [6.45, 7) is 3.97. The second-order valence-electron chi connectivity index (χ2n) is 12.0. The zero-order chi connectivity index (χ0) is 36.8. The zero-order valence-corrected chi connectivity index (χ0v) is 29.2. The van der Waals surface area contributed by atoms with E-state index in [2.05, 4.69) is 30.9 Å². The fraction of sp³-hybridized carbons (Fsp3) is 0.0870. The average Bonchev–Trinajstić information content (AvgIpc) is 3.22. The van der Waals surface area contributed by atoms with Crippen LogP contribution in [-0.4, -0.2) is 19.0 Å². The van der Waals surface area contributed by atoms with Gasteiger partial charge >= 0.3 is 11.9 Å². The van der Waals surface area contributed by atoms with Crippen molar-refractivity contribution < 1.29 is 33.6 Å². The molecule has 0 N–H and O–H groups in total. The fourth-order valence-electron chi connectivity index (χ4n) is 5.44. The van der Waals surface area contributed by atoms with E-state index < -0.39 is 24.1 Å². The smallest absolute Gasteiger partial charge is 0.343 e. The van der Waals surface area contributed by atoms with Gasteiger partial charge in [-0.1, -0.05) is 134 Å². The van der Waals surface area contributed by atoms with Crippen molar-refractivity contribution in [3.05, 3.63) is 209 Å². The topological polar surface area (TPSA) is 80.3 Å². The number of carbonyl (C=O) groups excluding carboxylic acids is 2. The minimum absolute atomic E-state index is 0.169. The first-order valence-corrected chi connectivity index (χ1v) is 17.0. The summed E-state index contributed by atoms with van der Waals surface area (Å²) < 4.78 is 16.8. The molecule has 6 aromatic rings. The highest BCUT2D eigenvalue weighted by Gasteiger charge is 2.31. The third kappa shape index (κ3) is 10.0. The van der Waals surface area contributed by atoms with Gasteiger partial charge in [0, 0.05) is 0 Å². The Balaban J connectivity index is 1.13. The van der Waals surface area contributed by atoms with Crippen molar-refractivity contribution in [1.29, 1.82) is 0 Å². The minimum Gasteiger partial charge on any atom is -0.497 e. The maximum absolute atomic E-state index is 13.6. The van der Waals surface area contributed by atoms with Gasteiger partial charge in [-0.25, -0.2) is 19.4 Å². The maximum atomic E-state index is 13.6. The number of hydrogen-bond acceptors (Lipinski definition) is 7. The van der Waals surface area contributed by atoms with E-state index in [0.29, 0.717) is 11.3 Å². The van der Waals surface area contributed by atoms with E-state index in [9.17, 15) is 9.59 Å². The normalized spacial score (nSPS) is 12.1. The lowest BCUT2D eigenvalue weighted by atomic mass is 9.98. The summed E-state index contributed by atoms with van der Waals surface area (Å²) in [5.41, 5.74) is 6.25. The molecule has 53 heavy (non-hydrogen) atoms. The van der Waals surface area contributed by atoms with Gasteiger partial charge in [0.05, 0.1) is 18.2 Å². The van der Waals surface area contributed by atoms with E-state index in [1.807, 2.05) is 103 Å². The molecule has 6 aromatic carbocycles. The van der Waals surface area contributed by atoms with Crippen LogP contribution in [0.2, 0.25) is 0 Å². The molecule has 0 saturated carbocycles. The summed E-state index contributed by atoms with van der Waals surface area (Å²) in [4.78, 5) is 38.2. The van der Waals surface area contributed by atoms with E-state index in [1.165, 1.54) is 0 Å². The molecule has 6 rings (SSSR count). The van der Waals surface area contributed by atoms with Crippen LogP contribution in [0.4, 0.5) is 0 Å². The molecule has 7 heteroatoms. The predicted molar refractivity (Wildman–Crippen MR) is 206 cm³/mol. The zero-order valence-electron chi connectivity index (χ0n) is 29.2. The summed E-state index contributed by atoms with van der Waals surface area (Å²) in [6.07, 6.45) is 4.26. The van der Waals surface area contributed by atoms with Crippen LogP contribution in [0, 0.1) is 0 Å². The SMILES string of the molecule is C=Cc1ccc(/C=C/c2ccc(COO[C@@H](c3ccccc3)[C@@H](OC(=O)c3ccc(OC(=O)c4ccc(OC)cc4)cc3)c3ccccc3)cc2)cc1. The van der Waals surface area contributed by atoms with Crippen LogP contribution in [0.15, 0.2) is 164 Å². The van der Waals surface area contributed by atoms with Gasteiger partial charge in [0.1, 0.15) is 18.1 Å². The molecule has 0 unspecified atom stereocenters. The Morgan fingerprint density at radius 3 is 1.60 bits per heavy atom. The van der Waals surface area contributed by atoms with Gasteiger partial charge in [0.15, 0.2) is 12.2 Å². The number of hydrogen-bond donors (Lipinski definition) is 0. The standard InChI is InChI=1S/C46H38O7/c1-3-33-14-16-34(17-15-33)18-19-35-20-22-36(23-21-35)32-50-53-44(38-12-8-5-9-13-38)43(37-10-6-4-7-11-37)52-46(48)40-26-30-42(31-27-40)51-45(47)39-24-28-41(49-2)29-25-39/h3-31,43-44H,1,32H2,2H3/b19-18+/t43-,44-/m0/s1. The Kier molecular flexibility index (Phi) is 12.4. The van der Waals surface area contributed by atoms with E-state index >= 15 is 0 Å². The third-order valence-electron chi connectivity index (χ3n) is 8.41. The molecule has 264 valence electrons.